The number of allylic oxidation sites excluding steroid dienone is 11. The highest BCUT2D eigenvalue weighted by atomic mass is 32.2. The Labute approximate surface area is 610 Å². The lowest BCUT2D eigenvalue weighted by molar-refractivity contribution is -0.438. The molecule has 0 radical (unpaired) electrons. The topological polar surface area (TPSA) is 352 Å². The molecule has 27 heteroatoms. The molecule has 5 N–H and O–H groups in total. The van der Waals surface area contributed by atoms with Gasteiger partial charge in [-0.2, -0.15) is 29.8 Å². The summed E-state index contributed by atoms with van der Waals surface area (Å²) in [6.07, 6.45) is 24.2. The van der Waals surface area contributed by atoms with Crippen molar-refractivity contribution in [3.05, 3.63) is 164 Å². The van der Waals surface area contributed by atoms with Gasteiger partial charge in [-0.25, -0.2) is 8.42 Å². The largest absolute Gasteiger partial charge is 0.744 e. The molecule has 2 bridgehead atoms. The molecule has 6 atom stereocenters. The van der Waals surface area contributed by atoms with Crippen molar-refractivity contribution in [1.82, 2.24) is 15.5 Å². The summed E-state index contributed by atoms with van der Waals surface area (Å²) in [6, 6.07) is 19.2. The van der Waals surface area contributed by atoms with E-state index in [0.717, 1.165) is 72.5 Å². The highest BCUT2D eigenvalue weighted by molar-refractivity contribution is 7.89. The van der Waals surface area contributed by atoms with Crippen LogP contribution in [-0.4, -0.2) is 137 Å². The normalized spacial score (nSPS) is 21.5. The van der Waals surface area contributed by atoms with Crippen LogP contribution < -0.4 is 20.1 Å². The minimum Gasteiger partial charge on any atom is -0.744 e. The number of benzene rings is 3. The predicted octanol–water partition coefficient (Wildman–Crippen LogP) is 14.0. The molecule has 9 rings (SSSR count). The molecule has 2 fully saturated rings. The molecule has 6 aliphatic rings. The fraction of sp³-hybridized carbons (Fsp3) is 0.566. The number of methoxy groups -OCH3 is 2. The molecule has 4 aliphatic carbocycles. The first-order chi connectivity index (χ1) is 48.5. The second-order valence-corrected chi connectivity index (χ2v) is 36.0. The first-order valence-corrected chi connectivity index (χ1v) is 42.0. The Bertz CT molecular complexity index is 4320. The summed E-state index contributed by atoms with van der Waals surface area (Å²) in [7, 11) is -14.5. The summed E-state index contributed by atoms with van der Waals surface area (Å²) in [6.45, 7) is 16.9. The van der Waals surface area contributed by atoms with Crippen molar-refractivity contribution in [2.75, 3.05) is 58.4 Å². The standard InChI is InChI=1S/C76H105N7O16S4/c1-73(2,59(53-28-15-10-16-29-53)30-17-12-24-41-80-81-77)55-47-66(98-8)72(67(48-55)99-9)58-46-54(60-51-61(58)74(60,3)4)52-79-71(85)34-20-13-23-40-78-70(84)33-21-14-25-42-83-65-38-36-57(103(95,96)97)50-63(65)76(7,39-22-26-44-100(86,87)88)69(83)32-19-11-18-31-68-75(5,6)62-49-56(102(92,93)94)35-37-64(62)82(68)43-27-45-101(89,90)91/h10-11,15-16,18-19,28-29,31-32,35-38,46-48,50,58-62H,12-14,17,20-27,30,33-34,39-45,49,51-52H2,1-9H3,(H5-,78,79,84,85,86,87,88,89,90,91,92,93,94,95,96,97)/t58-,59-,60+,61-,62?,76?/m0/s1. The van der Waals surface area contributed by atoms with Gasteiger partial charge in [-0.15, -0.1) is 0 Å². The monoisotopic (exact) mass is 1500 g/mol. The van der Waals surface area contributed by atoms with Crippen molar-refractivity contribution in [1.29, 1.82) is 0 Å². The van der Waals surface area contributed by atoms with Crippen molar-refractivity contribution < 1.29 is 75.5 Å². The van der Waals surface area contributed by atoms with E-state index in [1.807, 2.05) is 48.5 Å². The van der Waals surface area contributed by atoms with Gasteiger partial charge in [-0.3, -0.25) is 23.2 Å². The van der Waals surface area contributed by atoms with Crippen molar-refractivity contribution in [2.45, 2.75) is 192 Å². The number of amides is 2. The number of unbranched alkanes of at least 4 members (excludes halogenated alkanes) is 7. The van der Waals surface area contributed by atoms with Crippen LogP contribution in [0.1, 0.15) is 198 Å². The van der Waals surface area contributed by atoms with E-state index in [9.17, 15) is 61.5 Å². The van der Waals surface area contributed by atoms with Crippen LogP contribution in [0.2, 0.25) is 0 Å². The van der Waals surface area contributed by atoms with E-state index in [-0.39, 0.29) is 71.6 Å². The second-order valence-electron chi connectivity index (χ2n) is 30.0. The Morgan fingerprint density at radius 2 is 1.43 bits per heavy atom. The summed E-state index contributed by atoms with van der Waals surface area (Å²) < 4.78 is 153. The Morgan fingerprint density at radius 1 is 0.777 bits per heavy atom. The molecule has 2 heterocycles. The van der Waals surface area contributed by atoms with Gasteiger partial charge in [0.15, 0.2) is 5.71 Å². The minimum atomic E-state index is -4.90. The molecule has 103 heavy (non-hydrogen) atoms. The van der Waals surface area contributed by atoms with Gasteiger partial charge in [0.05, 0.1) is 40.9 Å². The summed E-state index contributed by atoms with van der Waals surface area (Å²) in [5.41, 5.74) is 14.7. The molecule has 0 aromatic heterocycles. The van der Waals surface area contributed by atoms with Crippen LogP contribution in [0.25, 0.3) is 10.4 Å². The third-order valence-corrected chi connectivity index (χ3v) is 25.7. The van der Waals surface area contributed by atoms with Crippen LogP contribution in [0.3, 0.4) is 0 Å². The Hall–Kier alpha value is -6.94. The minimum absolute atomic E-state index is 0.00344. The summed E-state index contributed by atoms with van der Waals surface area (Å²) in [5, 5.41) is 9.98. The van der Waals surface area contributed by atoms with Crippen molar-refractivity contribution >= 4 is 63.7 Å². The number of carbonyl (C=O) groups excluding carboxylic acids is 2. The first-order valence-electron chi connectivity index (χ1n) is 35.9. The first kappa shape index (κ1) is 81.7. The van der Waals surface area contributed by atoms with E-state index in [0.29, 0.717) is 106 Å². The van der Waals surface area contributed by atoms with Gasteiger partial charge in [-0.1, -0.05) is 133 Å². The van der Waals surface area contributed by atoms with Crippen LogP contribution in [0.5, 0.6) is 11.5 Å². The zero-order valence-electron chi connectivity index (χ0n) is 61.0. The van der Waals surface area contributed by atoms with Crippen LogP contribution in [0.15, 0.2) is 141 Å². The number of rotatable bonds is 40. The average molecular weight is 1500 g/mol. The number of carbonyl (C=O) groups is 2. The molecule has 1 saturated heterocycles. The van der Waals surface area contributed by atoms with E-state index >= 15 is 0 Å². The van der Waals surface area contributed by atoms with Gasteiger partial charge in [0.1, 0.15) is 28.2 Å². The van der Waals surface area contributed by atoms with Gasteiger partial charge in [0.25, 0.3) is 30.4 Å². The zero-order chi connectivity index (χ0) is 75.3. The SMILES string of the molecule is COc1cc(C(C)(C)[C@@H](CCCCCN=[N+]=[N-])c2ccccc2)cc(OC)c1[C@H]1C=C(CNC(=O)CCCCCNC(=O)CCCCC[N+]2=C(/C=C/C=C/C=C3/N(CCCS(=O)(=O)O)C4=CC=C(S(=O)(=O)O)CC4C3(C)C)C(C)(CCCCS(=O)(=O)O)c3cc(S(=O)(=O)[O-])ccc32)[C@H]2C[C@@H]1C2(C)C. The van der Waals surface area contributed by atoms with Crippen molar-refractivity contribution in [3.8, 4) is 11.5 Å². The fourth-order valence-corrected chi connectivity index (χ4v) is 18.7. The van der Waals surface area contributed by atoms with Gasteiger partial charge >= 0.3 is 0 Å². The molecule has 3 aromatic carbocycles. The number of nitrogens with zero attached hydrogens (tertiary/aromatic N) is 5. The molecule has 2 aliphatic heterocycles. The van der Waals surface area contributed by atoms with E-state index in [1.165, 1.54) is 29.3 Å². The Morgan fingerprint density at radius 3 is 2.06 bits per heavy atom. The van der Waals surface area contributed by atoms with E-state index < -0.39 is 73.6 Å². The highest BCUT2D eigenvalue weighted by Crippen LogP contribution is 2.65. The van der Waals surface area contributed by atoms with Crippen LogP contribution in [0, 0.1) is 28.6 Å². The van der Waals surface area contributed by atoms with E-state index in [1.54, 1.807) is 44.6 Å². The predicted molar refractivity (Wildman–Crippen MR) is 399 cm³/mol. The zero-order valence-corrected chi connectivity index (χ0v) is 64.2. The number of hydrogen-bond donors (Lipinski definition) is 5. The van der Waals surface area contributed by atoms with E-state index in [2.05, 4.69) is 90.8 Å². The molecule has 564 valence electrons. The maximum Gasteiger partial charge on any atom is 0.290 e. The van der Waals surface area contributed by atoms with Gasteiger partial charge in [0, 0.05) is 102 Å². The van der Waals surface area contributed by atoms with Gasteiger partial charge in [-0.05, 0) is 165 Å². The van der Waals surface area contributed by atoms with Crippen LogP contribution in [-0.2, 0) is 60.9 Å². The molecular weight excluding hydrogens is 1400 g/mol. The quantitative estimate of drug-likeness (QED) is 0.00516. The highest BCUT2D eigenvalue weighted by Gasteiger charge is 2.57. The van der Waals surface area contributed by atoms with Gasteiger partial charge in [0.2, 0.25) is 17.5 Å². The number of hydrogen-bond acceptors (Lipinski definition) is 15. The number of likely N-dealkylation sites (tertiary alicyclic amines) is 1. The smallest absolute Gasteiger partial charge is 0.290 e. The maximum absolute atomic E-state index is 13.4. The number of ether oxygens (including phenoxy) is 2. The number of azide groups is 1. The maximum atomic E-state index is 13.4. The molecular formula is C76H105N7O16S4. The summed E-state index contributed by atoms with van der Waals surface area (Å²) >= 11 is 0. The van der Waals surface area contributed by atoms with Crippen LogP contribution in [0.4, 0.5) is 5.69 Å². The third kappa shape index (κ3) is 20.4. The van der Waals surface area contributed by atoms with E-state index in [4.69, 9.17) is 15.0 Å². The number of fused-ring (bicyclic) bond motifs is 3. The lowest BCUT2D eigenvalue weighted by Gasteiger charge is -2.59. The summed E-state index contributed by atoms with van der Waals surface area (Å²) in [5.74, 6) is 0.909. The molecule has 3 aromatic rings. The van der Waals surface area contributed by atoms with Gasteiger partial charge < -0.3 is 29.6 Å². The molecule has 23 nitrogen and oxygen atoms in total. The molecule has 1 saturated carbocycles. The van der Waals surface area contributed by atoms with Crippen LogP contribution >= 0.6 is 0 Å². The lowest BCUT2D eigenvalue weighted by atomic mass is 9.45. The second kappa shape index (κ2) is 34.5. The Balaban J connectivity index is 0.864. The number of nitrogens with one attached hydrogen (secondary N) is 2. The Kier molecular flexibility index (Phi) is 27.4. The van der Waals surface area contributed by atoms with Crippen molar-refractivity contribution in [2.24, 2.45) is 33.7 Å². The molecule has 2 unspecified atom stereocenters. The third-order valence-electron chi connectivity index (χ3n) is 22.3. The fourth-order valence-electron chi connectivity index (χ4n) is 16.5. The molecule has 2 amide bonds. The summed E-state index contributed by atoms with van der Waals surface area (Å²) in [4.78, 5) is 30.8. The average Bonchev–Trinajstić information content (AvgIpc) is 1.60. The lowest BCUT2D eigenvalue weighted by Crippen LogP contribution is -2.52. The van der Waals surface area contributed by atoms with Crippen molar-refractivity contribution in [3.63, 3.8) is 0 Å². The molecule has 0 spiro atoms.